The predicted octanol–water partition coefficient (Wildman–Crippen LogP) is 1.69. The minimum Gasteiger partial charge on any atom is -0.466 e. The molecule has 142 valence electrons. The molecule has 1 saturated heterocycles. The van der Waals surface area contributed by atoms with Crippen LogP contribution in [0.1, 0.15) is 25.3 Å². The predicted molar refractivity (Wildman–Crippen MR) is 103 cm³/mol. The standard InChI is InChI=1S/C18H26N4O3S/c1-2-25-16(23)10-12-20-18(26)22-14-6-13-21(22)17(24)19-11-9-15-7-4-3-5-8-15/h3-5,7-8H,2,6,9-14H2,1H3,(H,19,24)(H,20,26). The summed E-state index contributed by atoms with van der Waals surface area (Å²) in [6.45, 7) is 4.39. The Labute approximate surface area is 159 Å². The number of hydrazine groups is 1. The molecule has 1 aliphatic heterocycles. The second-order valence-corrected chi connectivity index (χ2v) is 6.24. The molecule has 0 unspecified atom stereocenters. The minimum atomic E-state index is -0.264. The second-order valence-electron chi connectivity index (χ2n) is 5.85. The zero-order valence-electron chi connectivity index (χ0n) is 15.1. The number of ether oxygens (including phenoxy) is 1. The molecule has 1 aromatic rings. The molecule has 0 saturated carbocycles. The number of rotatable bonds is 7. The average molecular weight is 378 g/mol. The molecule has 8 heteroatoms. The van der Waals surface area contributed by atoms with Gasteiger partial charge in [-0.15, -0.1) is 0 Å². The fraction of sp³-hybridized carbons (Fsp3) is 0.500. The summed E-state index contributed by atoms with van der Waals surface area (Å²) >= 11 is 5.36. The van der Waals surface area contributed by atoms with Gasteiger partial charge in [-0.25, -0.2) is 9.80 Å². The lowest BCUT2D eigenvalue weighted by atomic mass is 10.1. The SMILES string of the molecule is CCOC(=O)CCNC(=S)N1CCCN1C(=O)NCCc1ccccc1. The molecule has 0 bridgehead atoms. The van der Waals surface area contributed by atoms with Gasteiger partial charge >= 0.3 is 12.0 Å². The fourth-order valence-corrected chi connectivity index (χ4v) is 2.97. The lowest BCUT2D eigenvalue weighted by molar-refractivity contribution is -0.142. The van der Waals surface area contributed by atoms with E-state index in [2.05, 4.69) is 10.6 Å². The first-order valence-electron chi connectivity index (χ1n) is 8.92. The molecule has 0 radical (unpaired) electrons. The number of thiocarbonyl (C=S) groups is 1. The molecule has 0 atom stereocenters. The van der Waals surface area contributed by atoms with Crippen LogP contribution in [0.25, 0.3) is 0 Å². The van der Waals surface area contributed by atoms with Crippen LogP contribution in [-0.2, 0) is 16.0 Å². The van der Waals surface area contributed by atoms with Crippen molar-refractivity contribution in [3.8, 4) is 0 Å². The summed E-state index contributed by atoms with van der Waals surface area (Å²) in [5, 5.41) is 9.76. The maximum absolute atomic E-state index is 12.4. The number of nitrogens with zero attached hydrogens (tertiary/aromatic N) is 2. The lowest BCUT2D eigenvalue weighted by Gasteiger charge is -2.30. The maximum atomic E-state index is 12.4. The van der Waals surface area contributed by atoms with Gasteiger partial charge in [-0.2, -0.15) is 0 Å². The van der Waals surface area contributed by atoms with Gasteiger partial charge in [0.1, 0.15) is 0 Å². The molecular weight excluding hydrogens is 352 g/mol. The number of urea groups is 1. The van der Waals surface area contributed by atoms with E-state index in [9.17, 15) is 9.59 Å². The quantitative estimate of drug-likeness (QED) is 0.556. The summed E-state index contributed by atoms with van der Waals surface area (Å²) in [7, 11) is 0. The van der Waals surface area contributed by atoms with E-state index in [1.54, 1.807) is 16.9 Å². The zero-order valence-corrected chi connectivity index (χ0v) is 15.9. The van der Waals surface area contributed by atoms with Gasteiger partial charge in [0.15, 0.2) is 5.11 Å². The van der Waals surface area contributed by atoms with E-state index < -0.39 is 0 Å². The Balaban J connectivity index is 1.74. The first-order chi connectivity index (χ1) is 12.6. The number of carbonyl (C=O) groups is 2. The molecule has 26 heavy (non-hydrogen) atoms. The molecule has 0 aromatic heterocycles. The van der Waals surface area contributed by atoms with Crippen molar-refractivity contribution in [3.05, 3.63) is 35.9 Å². The second kappa shape index (κ2) is 10.6. The smallest absolute Gasteiger partial charge is 0.336 e. The Kier molecular flexibility index (Phi) is 8.14. The van der Waals surface area contributed by atoms with E-state index in [1.807, 2.05) is 30.3 Å². The molecule has 7 nitrogen and oxygen atoms in total. The molecule has 1 aromatic carbocycles. The highest BCUT2D eigenvalue weighted by Gasteiger charge is 2.28. The number of benzene rings is 1. The summed E-state index contributed by atoms with van der Waals surface area (Å²) < 4.78 is 4.88. The summed E-state index contributed by atoms with van der Waals surface area (Å²) in [4.78, 5) is 23.8. The normalized spacial score (nSPS) is 13.4. The van der Waals surface area contributed by atoms with Crippen molar-refractivity contribution in [3.63, 3.8) is 0 Å². The number of amides is 2. The average Bonchev–Trinajstić information content (AvgIpc) is 3.12. The van der Waals surface area contributed by atoms with Crippen LogP contribution < -0.4 is 10.6 Å². The number of esters is 1. The first-order valence-corrected chi connectivity index (χ1v) is 9.33. The van der Waals surface area contributed by atoms with E-state index in [0.29, 0.717) is 37.9 Å². The van der Waals surface area contributed by atoms with Crippen LogP contribution in [0.3, 0.4) is 0 Å². The Morgan fingerprint density at radius 2 is 1.85 bits per heavy atom. The molecule has 1 fully saturated rings. The number of hydrogen-bond acceptors (Lipinski definition) is 4. The number of nitrogens with one attached hydrogen (secondary N) is 2. The van der Waals surface area contributed by atoms with Crippen molar-refractivity contribution in [2.75, 3.05) is 32.8 Å². The topological polar surface area (TPSA) is 73.9 Å². The van der Waals surface area contributed by atoms with Crippen molar-refractivity contribution in [2.45, 2.75) is 26.2 Å². The first kappa shape index (κ1) is 20.0. The van der Waals surface area contributed by atoms with Gasteiger partial charge < -0.3 is 15.4 Å². The van der Waals surface area contributed by atoms with Crippen LogP contribution in [0.2, 0.25) is 0 Å². The molecule has 1 heterocycles. The van der Waals surface area contributed by atoms with Crippen LogP contribution in [0.15, 0.2) is 30.3 Å². The summed E-state index contributed by atoms with van der Waals surface area (Å²) in [6, 6.07) is 9.86. The van der Waals surface area contributed by atoms with E-state index in [-0.39, 0.29) is 18.4 Å². The summed E-state index contributed by atoms with van der Waals surface area (Å²) in [5.74, 6) is -0.264. The van der Waals surface area contributed by atoms with Gasteiger partial charge in [0, 0.05) is 26.2 Å². The molecule has 2 amide bonds. The third-order valence-corrected chi connectivity index (χ3v) is 4.30. The van der Waals surface area contributed by atoms with Gasteiger partial charge in [-0.05, 0) is 37.5 Å². The van der Waals surface area contributed by atoms with Gasteiger partial charge in [-0.3, -0.25) is 9.80 Å². The lowest BCUT2D eigenvalue weighted by Crippen LogP contribution is -2.52. The van der Waals surface area contributed by atoms with Crippen LogP contribution in [0.5, 0.6) is 0 Å². The molecule has 0 spiro atoms. The van der Waals surface area contributed by atoms with E-state index >= 15 is 0 Å². The largest absolute Gasteiger partial charge is 0.466 e. The Morgan fingerprint density at radius 3 is 2.58 bits per heavy atom. The van der Waals surface area contributed by atoms with E-state index in [0.717, 1.165) is 12.8 Å². The van der Waals surface area contributed by atoms with Crippen LogP contribution in [0.4, 0.5) is 4.79 Å². The molecular formula is C18H26N4O3S. The van der Waals surface area contributed by atoms with Crippen molar-refractivity contribution in [1.82, 2.24) is 20.7 Å². The highest BCUT2D eigenvalue weighted by molar-refractivity contribution is 7.80. The third-order valence-electron chi connectivity index (χ3n) is 3.94. The van der Waals surface area contributed by atoms with Gasteiger partial charge in [0.2, 0.25) is 0 Å². The van der Waals surface area contributed by atoms with Crippen molar-refractivity contribution in [1.29, 1.82) is 0 Å². The van der Waals surface area contributed by atoms with Crippen LogP contribution in [0, 0.1) is 0 Å². The summed E-state index contributed by atoms with van der Waals surface area (Å²) in [6.07, 6.45) is 1.87. The Morgan fingerprint density at radius 1 is 1.12 bits per heavy atom. The van der Waals surface area contributed by atoms with Crippen LogP contribution >= 0.6 is 12.2 Å². The van der Waals surface area contributed by atoms with E-state index in [1.165, 1.54) is 5.56 Å². The highest BCUT2D eigenvalue weighted by Crippen LogP contribution is 2.11. The number of hydrogen-bond donors (Lipinski definition) is 2. The van der Waals surface area contributed by atoms with Crippen molar-refractivity contribution >= 4 is 29.3 Å². The third kappa shape index (κ3) is 6.18. The van der Waals surface area contributed by atoms with Gasteiger partial charge in [0.05, 0.1) is 13.0 Å². The van der Waals surface area contributed by atoms with Gasteiger partial charge in [0.25, 0.3) is 0 Å². The van der Waals surface area contributed by atoms with Crippen molar-refractivity contribution < 1.29 is 14.3 Å². The minimum absolute atomic E-state index is 0.159. The molecule has 2 N–H and O–H groups in total. The summed E-state index contributed by atoms with van der Waals surface area (Å²) in [5.41, 5.74) is 1.18. The van der Waals surface area contributed by atoms with E-state index in [4.69, 9.17) is 17.0 Å². The molecule has 0 aliphatic carbocycles. The van der Waals surface area contributed by atoms with Gasteiger partial charge in [-0.1, -0.05) is 30.3 Å². The Hall–Kier alpha value is -2.35. The monoisotopic (exact) mass is 378 g/mol. The fourth-order valence-electron chi connectivity index (χ4n) is 2.68. The molecule has 2 rings (SSSR count). The van der Waals surface area contributed by atoms with Crippen LogP contribution in [-0.4, -0.2) is 59.9 Å². The highest BCUT2D eigenvalue weighted by atomic mass is 32.1. The molecule has 1 aliphatic rings. The number of carbonyl (C=O) groups excluding carboxylic acids is 2. The maximum Gasteiger partial charge on any atom is 0.336 e. The zero-order chi connectivity index (χ0) is 18.8. The Bertz CT molecular complexity index is 612. The van der Waals surface area contributed by atoms with Crippen molar-refractivity contribution in [2.24, 2.45) is 0 Å².